The zero-order valence-corrected chi connectivity index (χ0v) is 9.68. The van der Waals surface area contributed by atoms with Crippen molar-refractivity contribution >= 4 is 6.29 Å². The van der Waals surface area contributed by atoms with E-state index in [1.807, 2.05) is 7.05 Å². The van der Waals surface area contributed by atoms with Gasteiger partial charge in [0.05, 0.1) is 0 Å². The van der Waals surface area contributed by atoms with Gasteiger partial charge in [0.25, 0.3) is 0 Å². The molecule has 0 aromatic carbocycles. The SMILES string of the molecule is CNCCC(CC=O)CNCC(C)C. The average Bonchev–Trinajstić information content (AvgIpc) is 2.13. The van der Waals surface area contributed by atoms with Crippen LogP contribution in [0, 0.1) is 11.8 Å². The zero-order valence-electron chi connectivity index (χ0n) is 9.68. The molecule has 0 bridgehead atoms. The fourth-order valence-corrected chi connectivity index (χ4v) is 1.36. The molecule has 84 valence electrons. The number of hydrogen-bond donors (Lipinski definition) is 2. The molecule has 2 N–H and O–H groups in total. The van der Waals surface area contributed by atoms with Gasteiger partial charge in [0.1, 0.15) is 6.29 Å². The Kier molecular flexibility index (Phi) is 8.89. The Hall–Kier alpha value is -0.410. The van der Waals surface area contributed by atoms with E-state index >= 15 is 0 Å². The van der Waals surface area contributed by atoms with Crippen LogP contribution in [0.3, 0.4) is 0 Å². The monoisotopic (exact) mass is 200 g/mol. The van der Waals surface area contributed by atoms with E-state index in [1.165, 1.54) is 0 Å². The lowest BCUT2D eigenvalue weighted by Gasteiger charge is -2.15. The third-order valence-electron chi connectivity index (χ3n) is 2.22. The van der Waals surface area contributed by atoms with Crippen molar-refractivity contribution in [3.8, 4) is 0 Å². The molecular formula is C11H24N2O. The quantitative estimate of drug-likeness (QED) is 0.547. The molecule has 1 unspecified atom stereocenters. The molecule has 0 saturated carbocycles. The lowest BCUT2D eigenvalue weighted by molar-refractivity contribution is -0.108. The maximum Gasteiger partial charge on any atom is 0.120 e. The molecular weight excluding hydrogens is 176 g/mol. The predicted octanol–water partition coefficient (Wildman–Crippen LogP) is 1.05. The summed E-state index contributed by atoms with van der Waals surface area (Å²) in [5, 5.41) is 6.50. The molecule has 0 fully saturated rings. The van der Waals surface area contributed by atoms with Crippen LogP contribution in [0.1, 0.15) is 26.7 Å². The Balaban J connectivity index is 3.55. The molecule has 1 atom stereocenters. The van der Waals surface area contributed by atoms with Crippen LogP contribution >= 0.6 is 0 Å². The van der Waals surface area contributed by atoms with Crippen molar-refractivity contribution in [3.05, 3.63) is 0 Å². The Bertz CT molecular complexity index is 137. The zero-order chi connectivity index (χ0) is 10.8. The molecule has 0 aliphatic rings. The van der Waals surface area contributed by atoms with E-state index in [9.17, 15) is 4.79 Å². The van der Waals surface area contributed by atoms with Crippen LogP contribution in [-0.2, 0) is 4.79 Å². The highest BCUT2D eigenvalue weighted by molar-refractivity contribution is 5.49. The lowest BCUT2D eigenvalue weighted by Crippen LogP contribution is -2.28. The summed E-state index contributed by atoms with van der Waals surface area (Å²) >= 11 is 0. The standard InChI is InChI=1S/C11H24N2O/c1-10(2)8-13-9-11(5-7-14)4-6-12-3/h7,10-13H,4-6,8-9H2,1-3H3. The van der Waals surface area contributed by atoms with Gasteiger partial charge in [0.2, 0.25) is 0 Å². The second kappa shape index (κ2) is 9.16. The fraction of sp³-hybridized carbons (Fsp3) is 0.909. The van der Waals surface area contributed by atoms with Gasteiger partial charge in [-0.3, -0.25) is 0 Å². The molecule has 0 radical (unpaired) electrons. The first-order chi connectivity index (χ1) is 6.70. The molecule has 0 rings (SSSR count). The van der Waals surface area contributed by atoms with Crippen LogP contribution in [0.25, 0.3) is 0 Å². The highest BCUT2D eigenvalue weighted by Gasteiger charge is 2.07. The summed E-state index contributed by atoms with van der Waals surface area (Å²) in [5.41, 5.74) is 0. The summed E-state index contributed by atoms with van der Waals surface area (Å²) < 4.78 is 0. The molecule has 0 saturated heterocycles. The van der Waals surface area contributed by atoms with Crippen molar-refractivity contribution in [2.24, 2.45) is 11.8 Å². The number of hydrogen-bond acceptors (Lipinski definition) is 3. The molecule has 0 spiro atoms. The molecule has 14 heavy (non-hydrogen) atoms. The Morgan fingerprint density at radius 1 is 1.29 bits per heavy atom. The van der Waals surface area contributed by atoms with E-state index in [0.717, 1.165) is 32.3 Å². The molecule has 3 nitrogen and oxygen atoms in total. The van der Waals surface area contributed by atoms with Crippen LogP contribution in [0.2, 0.25) is 0 Å². The van der Waals surface area contributed by atoms with Crippen LogP contribution in [-0.4, -0.2) is 33.0 Å². The number of carbonyl (C=O) groups is 1. The van der Waals surface area contributed by atoms with Gasteiger partial charge in [-0.25, -0.2) is 0 Å². The molecule has 0 aliphatic carbocycles. The van der Waals surface area contributed by atoms with Gasteiger partial charge >= 0.3 is 0 Å². The van der Waals surface area contributed by atoms with Gasteiger partial charge in [0.15, 0.2) is 0 Å². The molecule has 0 aromatic heterocycles. The van der Waals surface area contributed by atoms with Gasteiger partial charge in [-0.15, -0.1) is 0 Å². The Morgan fingerprint density at radius 3 is 2.50 bits per heavy atom. The normalized spacial score (nSPS) is 13.1. The van der Waals surface area contributed by atoms with Gasteiger partial charge in [0, 0.05) is 6.42 Å². The third kappa shape index (κ3) is 8.20. The number of carbonyl (C=O) groups excluding carboxylic acids is 1. The molecule has 0 aliphatic heterocycles. The molecule has 0 aromatic rings. The van der Waals surface area contributed by atoms with Gasteiger partial charge < -0.3 is 15.4 Å². The summed E-state index contributed by atoms with van der Waals surface area (Å²) in [4.78, 5) is 10.4. The maximum absolute atomic E-state index is 10.4. The Labute approximate surface area is 87.6 Å². The highest BCUT2D eigenvalue weighted by Crippen LogP contribution is 2.04. The molecule has 3 heteroatoms. The second-order valence-electron chi connectivity index (χ2n) is 4.21. The van der Waals surface area contributed by atoms with Crippen molar-refractivity contribution < 1.29 is 4.79 Å². The van der Waals surface area contributed by atoms with Gasteiger partial charge in [-0.2, -0.15) is 0 Å². The number of rotatable bonds is 9. The smallest absolute Gasteiger partial charge is 0.120 e. The van der Waals surface area contributed by atoms with E-state index in [1.54, 1.807) is 0 Å². The summed E-state index contributed by atoms with van der Waals surface area (Å²) in [5.74, 6) is 1.16. The minimum Gasteiger partial charge on any atom is -0.320 e. The summed E-state index contributed by atoms with van der Waals surface area (Å²) in [6, 6.07) is 0. The Morgan fingerprint density at radius 2 is 2.00 bits per heavy atom. The van der Waals surface area contributed by atoms with Crippen LogP contribution < -0.4 is 10.6 Å². The van der Waals surface area contributed by atoms with Crippen molar-refractivity contribution in [2.45, 2.75) is 26.7 Å². The average molecular weight is 200 g/mol. The van der Waals surface area contributed by atoms with Crippen LogP contribution in [0.4, 0.5) is 0 Å². The third-order valence-corrected chi connectivity index (χ3v) is 2.22. The minimum atomic E-state index is 0.485. The van der Waals surface area contributed by atoms with E-state index < -0.39 is 0 Å². The van der Waals surface area contributed by atoms with Crippen molar-refractivity contribution in [1.82, 2.24) is 10.6 Å². The predicted molar refractivity (Wildman–Crippen MR) is 60.4 cm³/mol. The minimum absolute atomic E-state index is 0.485. The summed E-state index contributed by atoms with van der Waals surface area (Å²) in [7, 11) is 1.94. The first-order valence-corrected chi connectivity index (χ1v) is 5.49. The largest absolute Gasteiger partial charge is 0.320 e. The van der Waals surface area contributed by atoms with E-state index in [-0.39, 0.29) is 0 Å². The number of nitrogens with one attached hydrogen (secondary N) is 2. The first-order valence-electron chi connectivity index (χ1n) is 5.49. The first kappa shape index (κ1) is 13.6. The van der Waals surface area contributed by atoms with Gasteiger partial charge in [-0.05, 0) is 44.9 Å². The van der Waals surface area contributed by atoms with Crippen LogP contribution in [0.15, 0.2) is 0 Å². The second-order valence-corrected chi connectivity index (χ2v) is 4.21. The fourth-order valence-electron chi connectivity index (χ4n) is 1.36. The lowest BCUT2D eigenvalue weighted by atomic mass is 10.0. The molecule has 0 heterocycles. The van der Waals surface area contributed by atoms with Crippen LogP contribution in [0.5, 0.6) is 0 Å². The topological polar surface area (TPSA) is 41.1 Å². The number of aldehydes is 1. The van der Waals surface area contributed by atoms with Gasteiger partial charge in [-0.1, -0.05) is 13.8 Å². The summed E-state index contributed by atoms with van der Waals surface area (Å²) in [6.07, 6.45) is 2.77. The molecule has 0 amide bonds. The van der Waals surface area contributed by atoms with Crippen molar-refractivity contribution in [3.63, 3.8) is 0 Å². The van der Waals surface area contributed by atoms with E-state index in [0.29, 0.717) is 18.3 Å². The van der Waals surface area contributed by atoms with E-state index in [2.05, 4.69) is 24.5 Å². The highest BCUT2D eigenvalue weighted by atomic mass is 16.1. The van der Waals surface area contributed by atoms with Crippen molar-refractivity contribution in [1.29, 1.82) is 0 Å². The maximum atomic E-state index is 10.4. The summed E-state index contributed by atoms with van der Waals surface area (Å²) in [6.45, 7) is 7.36. The van der Waals surface area contributed by atoms with E-state index in [4.69, 9.17) is 0 Å². The van der Waals surface area contributed by atoms with Crippen molar-refractivity contribution in [2.75, 3.05) is 26.7 Å².